The minimum Gasteiger partial charge on any atom is -0.502 e. The molecule has 1 aromatic carbocycles. The summed E-state index contributed by atoms with van der Waals surface area (Å²) in [6.45, 7) is 4.82. The zero-order chi connectivity index (χ0) is 17.5. The predicted molar refractivity (Wildman–Crippen MR) is 99.3 cm³/mol. The van der Waals surface area contributed by atoms with Gasteiger partial charge in [-0.15, -0.1) is 0 Å². The number of nitrogens with one attached hydrogen (secondary N) is 2. The van der Waals surface area contributed by atoms with Crippen molar-refractivity contribution >= 4 is 17.5 Å². The molecule has 0 unspecified atom stereocenters. The molecule has 0 bridgehead atoms. The SMILES string of the molecule is C=COCCCNc1ncc(-c2ncc[nH]2)c(-c2ccc(Cl)cc2)n1. The van der Waals surface area contributed by atoms with E-state index in [0.29, 0.717) is 24.1 Å². The first-order valence-electron chi connectivity index (χ1n) is 7.87. The van der Waals surface area contributed by atoms with Crippen molar-refractivity contribution in [2.45, 2.75) is 6.42 Å². The Labute approximate surface area is 151 Å². The molecule has 0 amide bonds. The van der Waals surface area contributed by atoms with Crippen LogP contribution in [0, 0.1) is 0 Å². The first-order chi connectivity index (χ1) is 12.3. The highest BCUT2D eigenvalue weighted by atomic mass is 35.5. The number of benzene rings is 1. The number of ether oxygens (including phenoxy) is 1. The highest BCUT2D eigenvalue weighted by Crippen LogP contribution is 2.29. The molecule has 128 valence electrons. The minimum atomic E-state index is 0.554. The first kappa shape index (κ1) is 17.0. The molecular weight excluding hydrogens is 338 g/mol. The standard InChI is InChI=1S/C18H18ClN5O/c1-2-25-11-3-8-22-18-23-12-15(17-20-9-10-21-17)16(24-18)13-4-6-14(19)7-5-13/h2,4-7,9-10,12H,1,3,8,11H2,(H,20,21)(H,22,23,24). The summed E-state index contributed by atoms with van der Waals surface area (Å²) in [5.74, 6) is 1.27. The van der Waals surface area contributed by atoms with Crippen LogP contribution in [-0.2, 0) is 4.74 Å². The van der Waals surface area contributed by atoms with Gasteiger partial charge in [-0.25, -0.2) is 15.0 Å². The second-order valence-electron chi connectivity index (χ2n) is 5.22. The number of anilines is 1. The molecule has 2 aromatic heterocycles. The van der Waals surface area contributed by atoms with Crippen molar-refractivity contribution < 1.29 is 4.74 Å². The Morgan fingerprint density at radius 2 is 2.08 bits per heavy atom. The average molecular weight is 356 g/mol. The van der Waals surface area contributed by atoms with Crippen LogP contribution in [0.3, 0.4) is 0 Å². The van der Waals surface area contributed by atoms with Gasteiger partial charge in [0.15, 0.2) is 0 Å². The Hall–Kier alpha value is -2.86. The van der Waals surface area contributed by atoms with Crippen molar-refractivity contribution in [3.05, 3.63) is 60.7 Å². The van der Waals surface area contributed by atoms with Crippen LogP contribution in [0.5, 0.6) is 0 Å². The fourth-order valence-corrected chi connectivity index (χ4v) is 2.45. The molecule has 0 atom stereocenters. The zero-order valence-corrected chi connectivity index (χ0v) is 14.3. The van der Waals surface area contributed by atoms with Crippen molar-refractivity contribution in [2.75, 3.05) is 18.5 Å². The largest absolute Gasteiger partial charge is 0.502 e. The molecule has 0 radical (unpaired) electrons. The third-order valence-electron chi connectivity index (χ3n) is 3.50. The lowest BCUT2D eigenvalue weighted by molar-refractivity contribution is 0.249. The molecule has 0 aliphatic rings. The van der Waals surface area contributed by atoms with Gasteiger partial charge in [0, 0.05) is 35.7 Å². The number of imidazole rings is 1. The summed E-state index contributed by atoms with van der Waals surface area (Å²) < 4.78 is 5.10. The lowest BCUT2D eigenvalue weighted by Gasteiger charge is -2.10. The molecule has 6 nitrogen and oxygen atoms in total. The third kappa shape index (κ3) is 4.36. The van der Waals surface area contributed by atoms with Crippen molar-refractivity contribution in [1.82, 2.24) is 19.9 Å². The van der Waals surface area contributed by atoms with E-state index < -0.39 is 0 Å². The number of halogens is 1. The van der Waals surface area contributed by atoms with Gasteiger partial charge in [0.05, 0.1) is 24.1 Å². The maximum Gasteiger partial charge on any atom is 0.223 e. The number of hydrogen-bond acceptors (Lipinski definition) is 5. The van der Waals surface area contributed by atoms with Gasteiger partial charge in [-0.05, 0) is 18.6 Å². The second-order valence-corrected chi connectivity index (χ2v) is 5.65. The highest BCUT2D eigenvalue weighted by molar-refractivity contribution is 6.30. The Kier molecular flexibility index (Phi) is 5.64. The predicted octanol–water partition coefficient (Wildman–Crippen LogP) is 4.15. The van der Waals surface area contributed by atoms with E-state index in [2.05, 4.69) is 31.8 Å². The van der Waals surface area contributed by atoms with Crippen LogP contribution in [0.25, 0.3) is 22.6 Å². The van der Waals surface area contributed by atoms with E-state index in [4.69, 9.17) is 16.3 Å². The van der Waals surface area contributed by atoms with Crippen LogP contribution in [0.1, 0.15) is 6.42 Å². The Balaban J connectivity index is 1.87. The van der Waals surface area contributed by atoms with E-state index in [0.717, 1.165) is 29.1 Å². The topological polar surface area (TPSA) is 75.7 Å². The second kappa shape index (κ2) is 8.30. The molecule has 0 saturated carbocycles. The summed E-state index contributed by atoms with van der Waals surface area (Å²) in [6, 6.07) is 7.53. The zero-order valence-electron chi connectivity index (χ0n) is 13.6. The monoisotopic (exact) mass is 355 g/mol. The van der Waals surface area contributed by atoms with Gasteiger partial charge >= 0.3 is 0 Å². The number of aromatic amines is 1. The molecule has 0 fully saturated rings. The molecule has 0 saturated heterocycles. The summed E-state index contributed by atoms with van der Waals surface area (Å²) in [5, 5.41) is 3.88. The molecule has 3 rings (SSSR count). The normalized spacial score (nSPS) is 10.4. The number of rotatable bonds is 8. The minimum absolute atomic E-state index is 0.554. The lowest BCUT2D eigenvalue weighted by atomic mass is 10.1. The van der Waals surface area contributed by atoms with E-state index in [9.17, 15) is 0 Å². The molecule has 0 spiro atoms. The number of nitrogens with zero attached hydrogens (tertiary/aromatic N) is 3. The van der Waals surface area contributed by atoms with Crippen molar-refractivity contribution in [3.8, 4) is 22.6 Å². The highest BCUT2D eigenvalue weighted by Gasteiger charge is 2.13. The number of hydrogen-bond donors (Lipinski definition) is 2. The van der Waals surface area contributed by atoms with Gasteiger partial charge in [0.25, 0.3) is 0 Å². The van der Waals surface area contributed by atoms with Gasteiger partial charge in [0.2, 0.25) is 5.95 Å². The summed E-state index contributed by atoms with van der Waals surface area (Å²) >= 11 is 6.00. The van der Waals surface area contributed by atoms with Crippen LogP contribution >= 0.6 is 11.6 Å². The maximum atomic E-state index is 6.00. The van der Waals surface area contributed by atoms with Gasteiger partial charge in [-0.1, -0.05) is 30.3 Å². The molecule has 2 N–H and O–H groups in total. The molecule has 2 heterocycles. The average Bonchev–Trinajstić information content (AvgIpc) is 3.16. The van der Waals surface area contributed by atoms with Gasteiger partial charge < -0.3 is 15.0 Å². The number of aromatic nitrogens is 4. The first-order valence-corrected chi connectivity index (χ1v) is 8.25. The van der Waals surface area contributed by atoms with Crippen LogP contribution in [0.4, 0.5) is 5.95 Å². The van der Waals surface area contributed by atoms with Gasteiger partial charge in [0.1, 0.15) is 5.82 Å². The third-order valence-corrected chi connectivity index (χ3v) is 3.75. The Morgan fingerprint density at radius 1 is 1.24 bits per heavy atom. The van der Waals surface area contributed by atoms with Crippen LogP contribution < -0.4 is 5.32 Å². The van der Waals surface area contributed by atoms with Crippen molar-refractivity contribution in [1.29, 1.82) is 0 Å². The molecule has 25 heavy (non-hydrogen) atoms. The summed E-state index contributed by atoms with van der Waals surface area (Å²) in [6.07, 6.45) is 7.50. The van der Waals surface area contributed by atoms with E-state index in [1.54, 1.807) is 18.6 Å². The quantitative estimate of drug-likeness (QED) is 0.469. The molecule has 0 aliphatic carbocycles. The van der Waals surface area contributed by atoms with E-state index in [-0.39, 0.29) is 0 Å². The molecule has 7 heteroatoms. The molecule has 0 aliphatic heterocycles. The van der Waals surface area contributed by atoms with Gasteiger partial charge in [-0.3, -0.25) is 0 Å². The summed E-state index contributed by atoms with van der Waals surface area (Å²) in [4.78, 5) is 16.5. The lowest BCUT2D eigenvalue weighted by Crippen LogP contribution is -2.08. The smallest absolute Gasteiger partial charge is 0.223 e. The van der Waals surface area contributed by atoms with E-state index in [1.165, 1.54) is 6.26 Å². The van der Waals surface area contributed by atoms with E-state index in [1.807, 2.05) is 24.3 Å². The fourth-order valence-electron chi connectivity index (χ4n) is 2.32. The van der Waals surface area contributed by atoms with Gasteiger partial charge in [-0.2, -0.15) is 0 Å². The Morgan fingerprint density at radius 3 is 2.80 bits per heavy atom. The van der Waals surface area contributed by atoms with Crippen molar-refractivity contribution in [2.24, 2.45) is 0 Å². The summed E-state index contributed by atoms with van der Waals surface area (Å²) in [5.41, 5.74) is 2.55. The van der Waals surface area contributed by atoms with Crippen molar-refractivity contribution in [3.63, 3.8) is 0 Å². The fraction of sp³-hybridized carbons (Fsp3) is 0.167. The summed E-state index contributed by atoms with van der Waals surface area (Å²) in [7, 11) is 0. The van der Waals surface area contributed by atoms with Crippen LogP contribution in [-0.4, -0.2) is 33.1 Å². The maximum absolute atomic E-state index is 6.00. The van der Waals surface area contributed by atoms with E-state index >= 15 is 0 Å². The molecular formula is C18H18ClN5O. The Bertz CT molecular complexity index is 818. The van der Waals surface area contributed by atoms with Crippen LogP contribution in [0.15, 0.2) is 55.7 Å². The number of H-pyrrole nitrogens is 1. The molecule has 3 aromatic rings. The van der Waals surface area contributed by atoms with Crippen LogP contribution in [0.2, 0.25) is 5.02 Å².